The number of ether oxygens (including phenoxy) is 1. The predicted molar refractivity (Wildman–Crippen MR) is 82.4 cm³/mol. The molecule has 0 aliphatic carbocycles. The molecule has 2 N–H and O–H groups in total. The van der Waals surface area contributed by atoms with Crippen molar-refractivity contribution >= 4 is 29.4 Å². The highest BCUT2D eigenvalue weighted by Crippen LogP contribution is 2.34. The zero-order valence-corrected chi connectivity index (χ0v) is 13.5. The maximum Gasteiger partial charge on any atom is 0.322 e. The van der Waals surface area contributed by atoms with Crippen molar-refractivity contribution in [2.45, 2.75) is 25.9 Å². The number of benzene rings is 1. The Hall–Kier alpha value is -2.28. The molecule has 8 heteroatoms. The van der Waals surface area contributed by atoms with Crippen molar-refractivity contribution in [3.8, 4) is 5.75 Å². The Kier molecular flexibility index (Phi) is 3.68. The summed E-state index contributed by atoms with van der Waals surface area (Å²) in [6.45, 7) is 4.33. The van der Waals surface area contributed by atoms with Crippen molar-refractivity contribution in [3.63, 3.8) is 0 Å². The van der Waals surface area contributed by atoms with Crippen LogP contribution in [0.4, 0.5) is 4.79 Å². The van der Waals surface area contributed by atoms with E-state index in [0.717, 1.165) is 5.56 Å². The van der Waals surface area contributed by atoms with Crippen LogP contribution in [-0.4, -0.2) is 41.4 Å². The Balaban J connectivity index is 1.84. The number of rotatable bonds is 4. The third-order valence-corrected chi connectivity index (χ3v) is 4.26. The van der Waals surface area contributed by atoms with Crippen molar-refractivity contribution in [1.29, 1.82) is 0 Å². The smallest absolute Gasteiger partial charge is 0.322 e. The molecule has 0 bridgehead atoms. The Morgan fingerprint density at radius 3 is 2.70 bits per heavy atom. The Labute approximate surface area is 137 Å². The van der Waals surface area contributed by atoms with Crippen LogP contribution in [0.5, 0.6) is 5.75 Å². The number of carbonyl (C=O) groups is 3. The molecule has 7 nitrogen and oxygen atoms in total. The van der Waals surface area contributed by atoms with Crippen LogP contribution in [0.1, 0.15) is 29.8 Å². The lowest BCUT2D eigenvalue weighted by molar-refractivity contribution is -0.123. The zero-order valence-electron chi connectivity index (χ0n) is 12.7. The van der Waals surface area contributed by atoms with Crippen molar-refractivity contribution < 1.29 is 19.1 Å². The maximum absolute atomic E-state index is 12.5. The summed E-state index contributed by atoms with van der Waals surface area (Å²) in [4.78, 5) is 37.3. The number of amides is 4. The molecule has 1 fully saturated rings. The predicted octanol–water partition coefficient (Wildman–Crippen LogP) is 1.29. The molecule has 122 valence electrons. The molecule has 4 amide bonds. The highest BCUT2D eigenvalue weighted by molar-refractivity contribution is 6.32. The van der Waals surface area contributed by atoms with E-state index in [1.165, 1.54) is 4.90 Å². The fraction of sp³-hybridized carbons (Fsp3) is 0.400. The minimum atomic E-state index is -1.14. The number of fused-ring (bicyclic) bond motifs is 1. The third-order valence-electron chi connectivity index (χ3n) is 3.96. The summed E-state index contributed by atoms with van der Waals surface area (Å²) in [5, 5.41) is 5.11. The molecule has 23 heavy (non-hydrogen) atoms. The molecule has 1 aromatic carbocycles. The molecule has 2 aliphatic rings. The molecule has 1 atom stereocenters. The molecule has 1 aromatic rings. The monoisotopic (exact) mass is 337 g/mol. The number of imide groups is 1. The minimum Gasteiger partial charge on any atom is -0.492 e. The average Bonchev–Trinajstić information content (AvgIpc) is 2.89. The Morgan fingerprint density at radius 1 is 1.35 bits per heavy atom. The zero-order chi connectivity index (χ0) is 16.8. The normalized spacial score (nSPS) is 22.9. The lowest BCUT2D eigenvalue weighted by atomic mass is 10.0. The van der Waals surface area contributed by atoms with Gasteiger partial charge in [0.05, 0.1) is 18.2 Å². The summed E-state index contributed by atoms with van der Waals surface area (Å²) in [6.07, 6.45) is 0. The maximum atomic E-state index is 12.5. The van der Waals surface area contributed by atoms with E-state index < -0.39 is 17.5 Å². The molecule has 1 unspecified atom stereocenters. The Morgan fingerprint density at radius 2 is 2.09 bits per heavy atom. The quantitative estimate of drug-likeness (QED) is 0.810. The number of urea groups is 1. The van der Waals surface area contributed by atoms with Gasteiger partial charge in [0.2, 0.25) is 0 Å². The van der Waals surface area contributed by atoms with E-state index in [9.17, 15) is 14.4 Å². The molecular weight excluding hydrogens is 322 g/mol. The van der Waals surface area contributed by atoms with E-state index in [1.807, 2.05) is 6.92 Å². The second-order valence-corrected chi connectivity index (χ2v) is 6.18. The van der Waals surface area contributed by atoms with Crippen LogP contribution < -0.4 is 15.4 Å². The van der Waals surface area contributed by atoms with Gasteiger partial charge in [-0.3, -0.25) is 14.9 Å². The number of nitrogens with zero attached hydrogens (tertiary/aromatic N) is 1. The van der Waals surface area contributed by atoms with Gasteiger partial charge in [-0.05, 0) is 31.5 Å². The third kappa shape index (κ3) is 2.61. The van der Waals surface area contributed by atoms with Crippen LogP contribution in [0.25, 0.3) is 0 Å². The van der Waals surface area contributed by atoms with Gasteiger partial charge in [-0.15, -0.1) is 0 Å². The van der Waals surface area contributed by atoms with Gasteiger partial charge in [0.25, 0.3) is 11.8 Å². The van der Waals surface area contributed by atoms with E-state index in [4.69, 9.17) is 16.3 Å². The van der Waals surface area contributed by atoms with Gasteiger partial charge in [0.15, 0.2) is 0 Å². The van der Waals surface area contributed by atoms with Gasteiger partial charge in [0.1, 0.15) is 11.3 Å². The van der Waals surface area contributed by atoms with Gasteiger partial charge in [-0.1, -0.05) is 11.6 Å². The molecule has 0 saturated carbocycles. The van der Waals surface area contributed by atoms with Crippen molar-refractivity contribution in [2.75, 3.05) is 13.2 Å². The first-order valence-electron chi connectivity index (χ1n) is 7.22. The fourth-order valence-electron chi connectivity index (χ4n) is 2.84. The SMILES string of the molecule is CCOc1cc2c(cc1Cl)C(=O)N(CC1(C)NC(=O)NC1=O)C2. The minimum absolute atomic E-state index is 0.0830. The van der Waals surface area contributed by atoms with Crippen LogP contribution in [0.15, 0.2) is 12.1 Å². The second-order valence-electron chi connectivity index (χ2n) is 5.77. The van der Waals surface area contributed by atoms with Crippen LogP contribution in [0.2, 0.25) is 5.02 Å². The van der Waals surface area contributed by atoms with Gasteiger partial charge in [0, 0.05) is 12.1 Å². The first-order chi connectivity index (χ1) is 10.8. The molecule has 2 aliphatic heterocycles. The summed E-state index contributed by atoms with van der Waals surface area (Å²) in [7, 11) is 0. The molecule has 2 heterocycles. The van der Waals surface area contributed by atoms with Crippen molar-refractivity contribution in [2.24, 2.45) is 0 Å². The standard InChI is InChI=1S/C15H16ClN3O4/c1-3-23-11-4-8-6-19(12(20)9(8)5-10(11)16)7-15(2)13(21)17-14(22)18-15/h4-5H,3,6-7H2,1-2H3,(H2,17,18,21,22). The van der Waals surface area contributed by atoms with Crippen LogP contribution in [-0.2, 0) is 11.3 Å². The van der Waals surface area contributed by atoms with Crippen LogP contribution in [0, 0.1) is 0 Å². The van der Waals surface area contributed by atoms with E-state index in [0.29, 0.717) is 29.5 Å². The first kappa shape index (κ1) is 15.6. The van der Waals surface area contributed by atoms with Crippen molar-refractivity contribution in [1.82, 2.24) is 15.5 Å². The summed E-state index contributed by atoms with van der Waals surface area (Å²) in [5.74, 6) is -0.139. The van der Waals surface area contributed by atoms with E-state index in [2.05, 4.69) is 10.6 Å². The number of hydrogen-bond acceptors (Lipinski definition) is 4. The van der Waals surface area contributed by atoms with Gasteiger partial charge >= 0.3 is 6.03 Å². The highest BCUT2D eigenvalue weighted by atomic mass is 35.5. The lowest BCUT2D eigenvalue weighted by Gasteiger charge is -2.26. The summed E-state index contributed by atoms with van der Waals surface area (Å²) >= 11 is 6.12. The molecule has 0 aromatic heterocycles. The molecule has 0 spiro atoms. The van der Waals surface area contributed by atoms with Gasteiger partial charge in [-0.2, -0.15) is 0 Å². The molecule has 1 saturated heterocycles. The average molecular weight is 338 g/mol. The number of halogens is 1. The number of hydrogen-bond donors (Lipinski definition) is 2. The summed E-state index contributed by atoms with van der Waals surface area (Å²) in [6, 6.07) is 2.78. The van der Waals surface area contributed by atoms with Crippen LogP contribution >= 0.6 is 11.6 Å². The van der Waals surface area contributed by atoms with E-state index in [1.54, 1.807) is 19.1 Å². The van der Waals surface area contributed by atoms with Gasteiger partial charge in [-0.25, -0.2) is 4.79 Å². The molecule has 3 rings (SSSR count). The van der Waals surface area contributed by atoms with Gasteiger partial charge < -0.3 is 15.0 Å². The Bertz CT molecular complexity index is 721. The van der Waals surface area contributed by atoms with E-state index >= 15 is 0 Å². The summed E-state index contributed by atoms with van der Waals surface area (Å²) in [5.41, 5.74) is 0.143. The van der Waals surface area contributed by atoms with Crippen LogP contribution in [0.3, 0.4) is 0 Å². The summed E-state index contributed by atoms with van der Waals surface area (Å²) < 4.78 is 5.43. The molecule has 0 radical (unpaired) electrons. The number of carbonyl (C=O) groups excluding carboxylic acids is 3. The fourth-order valence-corrected chi connectivity index (χ4v) is 3.06. The first-order valence-corrected chi connectivity index (χ1v) is 7.60. The van der Waals surface area contributed by atoms with E-state index in [-0.39, 0.29) is 12.5 Å². The highest BCUT2D eigenvalue weighted by Gasteiger charge is 2.45. The largest absolute Gasteiger partial charge is 0.492 e. The molecular formula is C15H16ClN3O4. The topological polar surface area (TPSA) is 87.7 Å². The second kappa shape index (κ2) is 5.42. The number of nitrogens with one attached hydrogen (secondary N) is 2. The lowest BCUT2D eigenvalue weighted by Crippen LogP contribution is -2.52. The van der Waals surface area contributed by atoms with Crippen molar-refractivity contribution in [3.05, 3.63) is 28.3 Å².